The van der Waals surface area contributed by atoms with Gasteiger partial charge in [-0.15, -0.1) is 0 Å². The van der Waals surface area contributed by atoms with Gasteiger partial charge in [-0.1, -0.05) is 11.6 Å². The number of aliphatic imine (C=N–C) groups is 1. The van der Waals surface area contributed by atoms with Crippen molar-refractivity contribution in [2.45, 2.75) is 0 Å². The number of benzene rings is 1. The Morgan fingerprint density at radius 2 is 1.93 bits per heavy atom. The molecular formula is C9H12ClN3O. The molecule has 0 aliphatic rings. The van der Waals surface area contributed by atoms with Gasteiger partial charge in [0.05, 0.1) is 5.69 Å². The fourth-order valence-corrected chi connectivity index (χ4v) is 0.989. The lowest BCUT2D eigenvalue weighted by molar-refractivity contribution is 0.219. The molecule has 0 aromatic heterocycles. The maximum atomic E-state index is 8.76. The van der Waals surface area contributed by atoms with Crippen molar-refractivity contribution in [3.05, 3.63) is 29.3 Å². The van der Waals surface area contributed by atoms with Crippen molar-refractivity contribution in [1.82, 2.24) is 10.4 Å². The molecule has 0 heterocycles. The highest BCUT2D eigenvalue weighted by molar-refractivity contribution is 6.30. The molecule has 0 aliphatic heterocycles. The Hall–Kier alpha value is -1.26. The lowest BCUT2D eigenvalue weighted by atomic mass is 10.3. The van der Waals surface area contributed by atoms with Crippen LogP contribution in [0.5, 0.6) is 0 Å². The number of nitrogens with zero attached hydrogens (tertiary/aromatic N) is 2. The van der Waals surface area contributed by atoms with Crippen LogP contribution in [-0.4, -0.2) is 30.2 Å². The monoisotopic (exact) mass is 213 g/mol. The Labute approximate surface area is 87.8 Å². The lowest BCUT2D eigenvalue weighted by Gasteiger charge is -2.13. The summed E-state index contributed by atoms with van der Waals surface area (Å²) in [5, 5.41) is 9.42. The van der Waals surface area contributed by atoms with Crippen molar-refractivity contribution >= 4 is 23.2 Å². The van der Waals surface area contributed by atoms with E-state index in [0.29, 0.717) is 11.0 Å². The average Bonchev–Trinajstić information content (AvgIpc) is 2.16. The first-order valence-corrected chi connectivity index (χ1v) is 4.43. The zero-order valence-corrected chi connectivity index (χ0v) is 8.78. The van der Waals surface area contributed by atoms with E-state index in [4.69, 9.17) is 16.8 Å². The van der Waals surface area contributed by atoms with Crippen molar-refractivity contribution in [3.8, 4) is 0 Å². The largest absolute Gasteiger partial charge is 0.347 e. The van der Waals surface area contributed by atoms with Gasteiger partial charge >= 0.3 is 0 Å². The molecule has 0 spiro atoms. The SMILES string of the molecule is CN(C)C(=Nc1ccc(Cl)cc1)NO. The highest BCUT2D eigenvalue weighted by atomic mass is 35.5. The molecule has 1 rings (SSSR count). The molecule has 0 amide bonds. The van der Waals surface area contributed by atoms with Crippen LogP contribution >= 0.6 is 11.6 Å². The molecule has 1 aromatic rings. The maximum absolute atomic E-state index is 8.76. The minimum absolute atomic E-state index is 0.368. The fraction of sp³-hybridized carbons (Fsp3) is 0.222. The summed E-state index contributed by atoms with van der Waals surface area (Å²) in [4.78, 5) is 5.80. The summed E-state index contributed by atoms with van der Waals surface area (Å²) in [6.07, 6.45) is 0. The van der Waals surface area contributed by atoms with Crippen LogP contribution in [0, 0.1) is 0 Å². The Balaban J connectivity index is 2.89. The van der Waals surface area contributed by atoms with Crippen LogP contribution in [0.15, 0.2) is 29.3 Å². The normalized spacial score (nSPS) is 11.3. The predicted molar refractivity (Wildman–Crippen MR) is 57.2 cm³/mol. The molecule has 0 bridgehead atoms. The van der Waals surface area contributed by atoms with E-state index in [9.17, 15) is 0 Å². The Morgan fingerprint density at radius 1 is 1.36 bits per heavy atom. The van der Waals surface area contributed by atoms with Gasteiger partial charge in [0.2, 0.25) is 5.96 Å². The maximum Gasteiger partial charge on any atom is 0.222 e. The molecule has 0 fully saturated rings. The number of hydrogen-bond donors (Lipinski definition) is 2. The summed E-state index contributed by atoms with van der Waals surface area (Å²) >= 11 is 5.72. The zero-order valence-electron chi connectivity index (χ0n) is 8.03. The zero-order chi connectivity index (χ0) is 10.6. The van der Waals surface area contributed by atoms with Crippen LogP contribution in [0.3, 0.4) is 0 Å². The van der Waals surface area contributed by atoms with Crippen LogP contribution in [-0.2, 0) is 0 Å². The quantitative estimate of drug-likeness (QED) is 0.425. The Kier molecular flexibility index (Phi) is 3.73. The highest BCUT2D eigenvalue weighted by Crippen LogP contribution is 2.16. The van der Waals surface area contributed by atoms with Crippen LogP contribution in [0.25, 0.3) is 0 Å². The Morgan fingerprint density at radius 3 is 2.36 bits per heavy atom. The lowest BCUT2D eigenvalue weighted by Crippen LogP contribution is -2.33. The summed E-state index contributed by atoms with van der Waals surface area (Å²) in [5.41, 5.74) is 2.73. The number of hydroxylamine groups is 1. The van der Waals surface area contributed by atoms with Crippen molar-refractivity contribution in [3.63, 3.8) is 0 Å². The molecule has 0 radical (unpaired) electrons. The first-order chi connectivity index (χ1) is 6.63. The molecule has 14 heavy (non-hydrogen) atoms. The number of nitrogens with one attached hydrogen (secondary N) is 1. The molecule has 0 atom stereocenters. The van der Waals surface area contributed by atoms with Gasteiger partial charge in [-0.05, 0) is 24.3 Å². The van der Waals surface area contributed by atoms with Gasteiger partial charge in [0.15, 0.2) is 0 Å². The average molecular weight is 214 g/mol. The van der Waals surface area contributed by atoms with Crippen molar-refractivity contribution in [1.29, 1.82) is 0 Å². The molecule has 76 valence electrons. The topological polar surface area (TPSA) is 47.9 Å². The first kappa shape index (κ1) is 10.8. The van der Waals surface area contributed by atoms with E-state index < -0.39 is 0 Å². The van der Waals surface area contributed by atoms with E-state index in [1.54, 1.807) is 43.3 Å². The third-order valence-electron chi connectivity index (χ3n) is 1.59. The van der Waals surface area contributed by atoms with E-state index in [0.717, 1.165) is 5.69 Å². The molecule has 0 saturated heterocycles. The van der Waals surface area contributed by atoms with Crippen LogP contribution in [0.2, 0.25) is 5.02 Å². The van der Waals surface area contributed by atoms with Crippen LogP contribution in [0.4, 0.5) is 5.69 Å². The first-order valence-electron chi connectivity index (χ1n) is 4.05. The van der Waals surface area contributed by atoms with Crippen molar-refractivity contribution < 1.29 is 5.21 Å². The third kappa shape index (κ3) is 2.90. The summed E-state index contributed by atoms with van der Waals surface area (Å²) < 4.78 is 0. The van der Waals surface area contributed by atoms with Gasteiger partial charge in [0, 0.05) is 19.1 Å². The van der Waals surface area contributed by atoms with Crippen LogP contribution < -0.4 is 5.48 Å². The third-order valence-corrected chi connectivity index (χ3v) is 1.84. The number of hydrogen-bond acceptors (Lipinski definition) is 2. The Bertz CT molecular complexity index is 321. The molecule has 0 unspecified atom stereocenters. The van der Waals surface area contributed by atoms with Gasteiger partial charge in [0.25, 0.3) is 0 Å². The number of halogens is 1. The minimum Gasteiger partial charge on any atom is -0.347 e. The number of rotatable bonds is 1. The smallest absolute Gasteiger partial charge is 0.222 e. The standard InChI is InChI=1S/C9H12ClN3O/c1-13(2)9(12-14)11-8-5-3-7(10)4-6-8/h3-6,14H,1-2H3,(H,11,12). The van der Waals surface area contributed by atoms with Gasteiger partial charge in [0.1, 0.15) is 0 Å². The van der Waals surface area contributed by atoms with E-state index in [1.807, 2.05) is 5.48 Å². The summed E-state index contributed by atoms with van der Waals surface area (Å²) in [6, 6.07) is 7.02. The van der Waals surface area contributed by atoms with Crippen LogP contribution in [0.1, 0.15) is 0 Å². The van der Waals surface area contributed by atoms with Crippen molar-refractivity contribution in [2.75, 3.05) is 14.1 Å². The predicted octanol–water partition coefficient (Wildman–Crippen LogP) is 1.87. The minimum atomic E-state index is 0.368. The highest BCUT2D eigenvalue weighted by Gasteiger charge is 1.99. The second-order valence-corrected chi connectivity index (χ2v) is 3.35. The van der Waals surface area contributed by atoms with Gasteiger partial charge < -0.3 is 4.90 Å². The molecule has 5 heteroatoms. The van der Waals surface area contributed by atoms with E-state index >= 15 is 0 Å². The van der Waals surface area contributed by atoms with Gasteiger partial charge in [-0.3, -0.25) is 5.21 Å². The fourth-order valence-electron chi connectivity index (χ4n) is 0.863. The van der Waals surface area contributed by atoms with Gasteiger partial charge in [-0.2, -0.15) is 0 Å². The van der Waals surface area contributed by atoms with E-state index in [1.165, 1.54) is 0 Å². The van der Waals surface area contributed by atoms with E-state index in [-0.39, 0.29) is 0 Å². The van der Waals surface area contributed by atoms with Crippen molar-refractivity contribution in [2.24, 2.45) is 4.99 Å². The summed E-state index contributed by atoms with van der Waals surface area (Å²) in [5.74, 6) is 0.368. The molecule has 1 aromatic carbocycles. The molecule has 0 aliphatic carbocycles. The molecule has 0 saturated carbocycles. The van der Waals surface area contributed by atoms with E-state index in [2.05, 4.69) is 4.99 Å². The summed E-state index contributed by atoms with van der Waals surface area (Å²) in [6.45, 7) is 0. The molecular weight excluding hydrogens is 202 g/mol. The number of guanidine groups is 1. The second kappa shape index (κ2) is 4.83. The molecule has 2 N–H and O–H groups in total. The summed E-state index contributed by atoms with van der Waals surface area (Å²) in [7, 11) is 3.55. The molecule has 4 nitrogen and oxygen atoms in total. The second-order valence-electron chi connectivity index (χ2n) is 2.92. The van der Waals surface area contributed by atoms with Gasteiger partial charge in [-0.25, -0.2) is 10.5 Å².